The number of carboxylic acid groups (broad SMARTS) is 1. The van der Waals surface area contributed by atoms with Crippen molar-refractivity contribution in [2.75, 3.05) is 35.5 Å². The number of ether oxygens (including phenoxy) is 1. The number of hydrogen-bond acceptors (Lipinski definition) is 4. The van der Waals surface area contributed by atoms with E-state index < -0.39 is 11.9 Å². The van der Waals surface area contributed by atoms with Crippen LogP contribution in [0.3, 0.4) is 0 Å². The maximum atomic E-state index is 11.6. The predicted octanol–water partition coefficient (Wildman–Crippen LogP) is 3.92. The summed E-state index contributed by atoms with van der Waals surface area (Å²) in [6.07, 6.45) is 0.331. The van der Waals surface area contributed by atoms with Crippen LogP contribution in [-0.4, -0.2) is 42.0 Å². The molecule has 3 N–H and O–H groups in total. The van der Waals surface area contributed by atoms with E-state index in [0.29, 0.717) is 48.3 Å². The number of aliphatic carboxylic acids is 1. The number of nitrogen functional groups attached to an aromatic ring is 1. The predicted molar refractivity (Wildman–Crippen MR) is 101 cm³/mol. The van der Waals surface area contributed by atoms with Gasteiger partial charge in [0.15, 0.2) is 0 Å². The number of benzene rings is 1. The third-order valence-electron chi connectivity index (χ3n) is 3.69. The fraction of sp³-hybridized carbons (Fsp3) is 0.588. The number of halogens is 2. The number of carboxylic acids is 1. The maximum absolute atomic E-state index is 11.6. The standard InChI is InChI=1S/C17H26Cl2N2O3/c1-4-12(17(22)23)13-5-6-14(21(9-7-18)10-8-19)15(20)16(13)24-11(2)3/h5-6,11-12H,4,7-10,20H2,1-3H3,(H,22,23)/t12-/m0/s1. The molecule has 0 aliphatic rings. The minimum absolute atomic E-state index is 0.123. The second-order valence-corrected chi connectivity index (χ2v) is 6.50. The lowest BCUT2D eigenvalue weighted by Crippen LogP contribution is -2.29. The summed E-state index contributed by atoms with van der Waals surface area (Å²) in [4.78, 5) is 13.5. The van der Waals surface area contributed by atoms with Gasteiger partial charge in [0.1, 0.15) is 5.75 Å². The first-order valence-electron chi connectivity index (χ1n) is 8.05. The topological polar surface area (TPSA) is 75.8 Å². The lowest BCUT2D eigenvalue weighted by molar-refractivity contribution is -0.138. The second kappa shape index (κ2) is 9.84. The summed E-state index contributed by atoms with van der Waals surface area (Å²) in [6.45, 7) is 6.78. The molecule has 24 heavy (non-hydrogen) atoms. The lowest BCUT2D eigenvalue weighted by atomic mass is 9.94. The van der Waals surface area contributed by atoms with Crippen LogP contribution < -0.4 is 15.4 Å². The average molecular weight is 377 g/mol. The number of rotatable bonds is 10. The van der Waals surface area contributed by atoms with Crippen LogP contribution in [0.15, 0.2) is 12.1 Å². The third kappa shape index (κ3) is 5.08. The molecule has 0 aliphatic heterocycles. The zero-order valence-corrected chi connectivity index (χ0v) is 15.9. The molecule has 0 aromatic heterocycles. The number of nitrogens with two attached hydrogens (primary N) is 1. The molecule has 7 heteroatoms. The molecule has 1 rings (SSSR count). The van der Waals surface area contributed by atoms with Crippen molar-refractivity contribution in [3.63, 3.8) is 0 Å². The van der Waals surface area contributed by atoms with Crippen LogP contribution in [0.2, 0.25) is 0 Å². The Labute approximate surface area is 153 Å². The van der Waals surface area contributed by atoms with Gasteiger partial charge in [0.05, 0.1) is 23.4 Å². The summed E-state index contributed by atoms with van der Waals surface area (Å²) in [6, 6.07) is 3.60. The summed E-state index contributed by atoms with van der Waals surface area (Å²) >= 11 is 11.7. The van der Waals surface area contributed by atoms with Gasteiger partial charge in [-0.1, -0.05) is 13.0 Å². The van der Waals surface area contributed by atoms with Crippen LogP contribution in [-0.2, 0) is 4.79 Å². The molecule has 0 bridgehead atoms. The summed E-state index contributed by atoms with van der Waals surface area (Å²) in [5, 5.41) is 9.48. The van der Waals surface area contributed by atoms with E-state index in [1.54, 1.807) is 6.07 Å². The molecule has 5 nitrogen and oxygen atoms in total. The van der Waals surface area contributed by atoms with Crippen molar-refractivity contribution in [3.8, 4) is 5.75 Å². The highest BCUT2D eigenvalue weighted by atomic mass is 35.5. The first kappa shape index (κ1) is 20.7. The zero-order valence-electron chi connectivity index (χ0n) is 14.4. The van der Waals surface area contributed by atoms with Gasteiger partial charge in [0, 0.05) is 30.4 Å². The maximum Gasteiger partial charge on any atom is 0.311 e. The van der Waals surface area contributed by atoms with Gasteiger partial charge in [-0.05, 0) is 26.3 Å². The Morgan fingerprint density at radius 2 is 1.88 bits per heavy atom. The van der Waals surface area contributed by atoms with Crippen molar-refractivity contribution in [2.45, 2.75) is 39.2 Å². The van der Waals surface area contributed by atoms with Crippen molar-refractivity contribution < 1.29 is 14.6 Å². The number of alkyl halides is 2. The van der Waals surface area contributed by atoms with E-state index in [1.165, 1.54) is 0 Å². The summed E-state index contributed by atoms with van der Waals surface area (Å²) in [5.41, 5.74) is 8.12. The SMILES string of the molecule is CC[C@H](C(=O)O)c1ccc(N(CCCl)CCCl)c(N)c1OC(C)C. The molecular weight excluding hydrogens is 351 g/mol. The highest BCUT2D eigenvalue weighted by Crippen LogP contribution is 2.40. The lowest BCUT2D eigenvalue weighted by Gasteiger charge is -2.28. The fourth-order valence-electron chi connectivity index (χ4n) is 2.61. The first-order valence-corrected chi connectivity index (χ1v) is 9.12. The number of carbonyl (C=O) groups is 1. The molecule has 0 unspecified atom stereocenters. The Morgan fingerprint density at radius 1 is 1.29 bits per heavy atom. The smallest absolute Gasteiger partial charge is 0.311 e. The molecule has 0 spiro atoms. The average Bonchev–Trinajstić information content (AvgIpc) is 2.50. The Balaban J connectivity index is 3.43. The van der Waals surface area contributed by atoms with Crippen LogP contribution in [0.1, 0.15) is 38.7 Å². The summed E-state index contributed by atoms with van der Waals surface area (Å²) < 4.78 is 5.88. The van der Waals surface area contributed by atoms with E-state index >= 15 is 0 Å². The Bertz CT molecular complexity index is 547. The van der Waals surface area contributed by atoms with E-state index in [4.69, 9.17) is 33.7 Å². The van der Waals surface area contributed by atoms with E-state index in [1.807, 2.05) is 31.7 Å². The second-order valence-electron chi connectivity index (χ2n) is 5.75. The summed E-state index contributed by atoms with van der Waals surface area (Å²) in [7, 11) is 0. The molecule has 0 amide bonds. The van der Waals surface area contributed by atoms with Gasteiger partial charge in [-0.2, -0.15) is 0 Å². The van der Waals surface area contributed by atoms with E-state index in [9.17, 15) is 9.90 Å². The van der Waals surface area contributed by atoms with Gasteiger partial charge in [-0.15, -0.1) is 23.2 Å². The molecule has 0 heterocycles. The van der Waals surface area contributed by atoms with Crippen molar-refractivity contribution in [2.24, 2.45) is 0 Å². The van der Waals surface area contributed by atoms with Gasteiger partial charge in [-0.25, -0.2) is 0 Å². The van der Waals surface area contributed by atoms with Gasteiger partial charge < -0.3 is 20.5 Å². The molecule has 1 aromatic carbocycles. The minimum atomic E-state index is -0.892. The largest absolute Gasteiger partial charge is 0.488 e. The molecule has 0 radical (unpaired) electrons. The van der Waals surface area contributed by atoms with Crippen molar-refractivity contribution >= 4 is 40.5 Å². The molecule has 1 atom stereocenters. The van der Waals surface area contributed by atoms with Crippen molar-refractivity contribution in [1.82, 2.24) is 0 Å². The van der Waals surface area contributed by atoms with E-state index in [0.717, 1.165) is 5.69 Å². The Morgan fingerprint density at radius 3 is 2.29 bits per heavy atom. The van der Waals surface area contributed by atoms with Gasteiger partial charge >= 0.3 is 5.97 Å². The summed E-state index contributed by atoms with van der Waals surface area (Å²) in [5.74, 6) is -0.247. The third-order valence-corrected chi connectivity index (χ3v) is 4.03. The van der Waals surface area contributed by atoms with Crippen LogP contribution in [0.4, 0.5) is 11.4 Å². The minimum Gasteiger partial charge on any atom is -0.488 e. The van der Waals surface area contributed by atoms with Crippen LogP contribution in [0.25, 0.3) is 0 Å². The highest BCUT2D eigenvalue weighted by molar-refractivity contribution is 6.18. The zero-order chi connectivity index (χ0) is 18.3. The van der Waals surface area contributed by atoms with Crippen LogP contribution in [0, 0.1) is 0 Å². The molecule has 136 valence electrons. The van der Waals surface area contributed by atoms with E-state index in [-0.39, 0.29) is 6.10 Å². The van der Waals surface area contributed by atoms with Crippen LogP contribution in [0.5, 0.6) is 5.75 Å². The van der Waals surface area contributed by atoms with Crippen molar-refractivity contribution in [3.05, 3.63) is 17.7 Å². The highest BCUT2D eigenvalue weighted by Gasteiger charge is 2.26. The number of nitrogens with zero attached hydrogens (tertiary/aromatic N) is 1. The van der Waals surface area contributed by atoms with Gasteiger partial charge in [0.25, 0.3) is 0 Å². The molecule has 0 saturated carbocycles. The molecule has 0 fully saturated rings. The first-order chi connectivity index (χ1) is 11.4. The fourth-order valence-corrected chi connectivity index (χ4v) is 3.02. The van der Waals surface area contributed by atoms with Gasteiger partial charge in [0.2, 0.25) is 0 Å². The molecule has 0 saturated heterocycles. The van der Waals surface area contributed by atoms with Crippen LogP contribution >= 0.6 is 23.2 Å². The number of hydrogen-bond donors (Lipinski definition) is 2. The van der Waals surface area contributed by atoms with Crippen molar-refractivity contribution in [1.29, 1.82) is 0 Å². The molecule has 0 aliphatic carbocycles. The Kier molecular flexibility index (Phi) is 8.50. The molecular formula is C17H26Cl2N2O3. The quantitative estimate of drug-likeness (QED) is 0.478. The Hall–Kier alpha value is -1.33. The molecule has 1 aromatic rings. The van der Waals surface area contributed by atoms with Gasteiger partial charge in [-0.3, -0.25) is 4.79 Å². The normalized spacial score (nSPS) is 12.2. The van der Waals surface area contributed by atoms with E-state index in [2.05, 4.69) is 0 Å². The monoisotopic (exact) mass is 376 g/mol. The number of anilines is 2.